The van der Waals surface area contributed by atoms with Crippen molar-refractivity contribution in [2.75, 3.05) is 85.0 Å². The van der Waals surface area contributed by atoms with Crippen molar-refractivity contribution in [2.24, 2.45) is 0 Å². The van der Waals surface area contributed by atoms with Crippen LogP contribution in [0.5, 0.6) is 28.7 Å². The van der Waals surface area contributed by atoms with E-state index < -0.39 is 67.9 Å². The fraction of sp³-hybridized carbons (Fsp3) is 0.333. The molecule has 150 heavy (non-hydrogen) atoms. The van der Waals surface area contributed by atoms with Gasteiger partial charge in [0.05, 0.1) is 128 Å². The Bertz CT molecular complexity index is 7380. The summed E-state index contributed by atoms with van der Waals surface area (Å²) in [4.78, 5) is 56.2. The molecule has 13 aromatic rings. The van der Waals surface area contributed by atoms with E-state index >= 15 is 0 Å². The number of nitrogens with zero attached hydrogens (tertiary/aromatic N) is 15. The first-order valence-electron chi connectivity index (χ1n) is 46.8. The third-order valence-electron chi connectivity index (χ3n) is 27.3. The Morgan fingerprint density at radius 3 is 0.987 bits per heavy atom. The molecule has 8 aromatic heterocycles. The zero-order chi connectivity index (χ0) is 108. The number of aromatic hydroxyl groups is 1. The van der Waals surface area contributed by atoms with E-state index in [-0.39, 0.29) is 145 Å². The van der Waals surface area contributed by atoms with Crippen LogP contribution >= 0.6 is 104 Å². The predicted octanol–water partition coefficient (Wildman–Crippen LogP) is 24.6. The lowest BCUT2D eigenvalue weighted by Crippen LogP contribution is -2.60. The molecule has 0 unspecified atom stereocenters. The van der Waals surface area contributed by atoms with Gasteiger partial charge in [-0.3, -0.25) is 9.97 Å². The number of rotatable bonds is 23. The molecule has 5 aliphatic heterocycles. The zero-order valence-electron chi connectivity index (χ0n) is 82.2. The van der Waals surface area contributed by atoms with Crippen LogP contribution in [0, 0.1) is 43.0 Å². The summed E-state index contributed by atoms with van der Waals surface area (Å²) in [7, 11) is -3.86. The number of ether oxygens (including phenoxy) is 2. The number of carbonyl (C=O) groups excluding carboxylic acids is 2. The number of hydrogen-bond acceptors (Lipinski definition) is 27. The van der Waals surface area contributed by atoms with Gasteiger partial charge in [-0.15, -0.1) is 0 Å². The van der Waals surface area contributed by atoms with Gasteiger partial charge < -0.3 is 82.9 Å². The normalized spacial score (nSPS) is 16.2. The second-order valence-electron chi connectivity index (χ2n) is 40.2. The minimum Gasteiger partial charge on any atom is -0.543 e. The van der Waals surface area contributed by atoms with E-state index in [1.807, 2.05) is 24.3 Å². The summed E-state index contributed by atoms with van der Waals surface area (Å²) >= 11 is 57.4. The molecule has 2 saturated carbocycles. The minimum atomic E-state index is -2.00. The summed E-state index contributed by atoms with van der Waals surface area (Å²) in [5.41, 5.74) is 1.08. The topological polar surface area (TPSA) is 360 Å². The number of nitrogens with one attached hydrogen (secondary N) is 1. The maximum atomic E-state index is 14.4. The Morgan fingerprint density at radius 1 is 0.420 bits per heavy atom. The van der Waals surface area contributed by atoms with Crippen LogP contribution in [0.4, 0.5) is 57.9 Å². The van der Waals surface area contributed by atoms with Gasteiger partial charge in [0.15, 0.2) is 46.5 Å². The standard InChI is InChI=1S/C27H19Cl3FN5O3.C26H20Cl3FN4O3.C21H25ClFN3O2Si.C15H11ClFN3O2.C15H24ClNO2Si.CO2/c1-32-15-6-22(31)26(34-8-15)36-12-27(37,13-36)18-5-4-16(7-19(18)28)38-11-17-24(35-39-25(17)14-2-3-14)23-20(29)9-33-10-21(23)30;27-18-8-15(5-6-17(18)26(35)12-34(13-26)25-21(30)2-1-7-32-25)36-11-16-23(33-37-24(16)14-3-4-14)22-19(28)9-31-10-20(22)29;1-20(2,3)29(5,6)28-15-7-8-16(17(22)10-15)21(27)12-26(13-21)19-18(23)9-14(24-4)11-25-19;1-18-9-4-13(17)14(19-6-9)20-7-15(22,8-20)11-3-2-10(21)5-12(11)16;1-14(2,3)20(4,5)19-11-6-7-12(13(16)8-11)15(18)9-17-10-15;2-1-3/h4-10,14,37H,2-3,11-13H2;1-2,5-10,14,35H,3-4,11-13H2;7-11,27H,12-13H2,1-3,5-6H3;2-6,21-22H,7-8H2;6-8,17-18H,9-10H2,1-5H3;. The lowest BCUT2D eigenvalue weighted by molar-refractivity contribution is -0.191. The Labute approximate surface area is 908 Å². The number of phenols is 1. The molecule has 0 spiro atoms. The van der Waals surface area contributed by atoms with Crippen molar-refractivity contribution >= 4 is 168 Å². The van der Waals surface area contributed by atoms with Crippen molar-refractivity contribution in [3.8, 4) is 51.3 Å². The SMILES string of the molecule is CC(C)(C)[Si](C)(C)Oc1ccc(C2(O)CNC2)c(Cl)c1.O=C=O.OC1(c2ccc(OCc3c(-c4c(Cl)cncc4Cl)noc3C3CC3)cc2Cl)CN(c2ncccc2F)C1.[C-]#[N+]c1cnc(N2CC(O)(c3ccc(O)cc3Cl)C2)c(F)c1.[C-]#[N+]c1cnc(N2CC(O)(c3ccc(OCc4c(-c5c(Cl)cncc5Cl)noc4C4CC4)cc3Cl)C2)c(F)c1.[C-]#[N+]c1cnc(N2CC(O)(c3ccc(O[Si](C)(C)C(C)(C)C)cc3Cl)C2)c(F)c1. The van der Waals surface area contributed by atoms with Crippen LogP contribution in [0.25, 0.3) is 37.0 Å². The number of aromatic nitrogens is 8. The Kier molecular flexibility index (Phi) is 33.7. The third kappa shape index (κ3) is 24.7. The average molecular weight is 2260 g/mol. The van der Waals surface area contributed by atoms with Crippen LogP contribution in [0.15, 0.2) is 180 Å². The molecule has 0 amide bonds. The van der Waals surface area contributed by atoms with Crippen LogP contribution in [-0.4, -0.2) is 159 Å². The van der Waals surface area contributed by atoms with E-state index in [1.165, 1.54) is 73.8 Å². The fourth-order valence-electron chi connectivity index (χ4n) is 16.7. The van der Waals surface area contributed by atoms with Crippen LogP contribution in [-0.2, 0) is 50.8 Å². The second-order valence-corrected chi connectivity index (χ2v) is 53.3. The monoisotopic (exact) mass is 2250 g/mol. The van der Waals surface area contributed by atoms with E-state index in [0.29, 0.717) is 115 Å². The van der Waals surface area contributed by atoms with Crippen molar-refractivity contribution < 1.29 is 85.2 Å². The smallest absolute Gasteiger partial charge is 0.373 e. The number of hydrogen-bond donors (Lipinski definition) is 7. The van der Waals surface area contributed by atoms with Crippen LogP contribution in [0.2, 0.25) is 81.5 Å². The molecule has 0 radical (unpaired) electrons. The average Bonchev–Trinajstić information content (AvgIpc) is 0.888. The third-order valence-corrected chi connectivity index (χ3v) is 38.7. The minimum absolute atomic E-state index is 0.0102. The van der Waals surface area contributed by atoms with Gasteiger partial charge in [0.2, 0.25) is 33.7 Å². The molecule has 0 atom stereocenters. The van der Waals surface area contributed by atoms with Crippen LogP contribution in [0.3, 0.4) is 0 Å². The molecular weight excluding hydrogens is 2160 g/mol. The number of benzene rings is 5. The summed E-state index contributed by atoms with van der Waals surface area (Å²) in [6.45, 7) is 45.1. The lowest BCUT2D eigenvalue weighted by atomic mass is 9.86. The van der Waals surface area contributed by atoms with Gasteiger partial charge in [-0.25, -0.2) is 52.0 Å². The molecule has 7 N–H and O–H groups in total. The van der Waals surface area contributed by atoms with Crippen molar-refractivity contribution in [2.45, 2.75) is 157 Å². The Hall–Kier alpha value is -12.0. The van der Waals surface area contributed by atoms with Crippen molar-refractivity contribution in [1.82, 2.24) is 45.5 Å². The number of β-amino-alcohol motifs (C(OH)–C–C–N with tert-alkyl or cyclic N) is 5. The number of phenolic OH excluding ortho intramolecular Hbond substituents is 1. The van der Waals surface area contributed by atoms with E-state index in [0.717, 1.165) is 77.8 Å². The summed E-state index contributed by atoms with van der Waals surface area (Å²) in [6.07, 6.45) is 15.7. The highest BCUT2D eigenvalue weighted by atomic mass is 35.5. The molecule has 30 nitrogen and oxygen atoms in total. The molecule has 5 aromatic carbocycles. The van der Waals surface area contributed by atoms with E-state index in [4.69, 9.17) is 161 Å². The molecule has 2 aliphatic carbocycles. The largest absolute Gasteiger partial charge is 0.543 e. The molecule has 13 heterocycles. The van der Waals surface area contributed by atoms with E-state index in [9.17, 15) is 48.2 Å². The second kappa shape index (κ2) is 45.1. The van der Waals surface area contributed by atoms with Crippen LogP contribution in [0.1, 0.15) is 130 Å². The number of anilines is 4. The van der Waals surface area contributed by atoms with Gasteiger partial charge in [0.25, 0.3) is 0 Å². The molecule has 0 bridgehead atoms. The van der Waals surface area contributed by atoms with Gasteiger partial charge in [-0.2, -0.15) is 9.59 Å². The van der Waals surface area contributed by atoms with Crippen molar-refractivity contribution in [3.05, 3.63) is 324 Å². The summed E-state index contributed by atoms with van der Waals surface area (Å²) in [5.74, 6) is 2.77. The maximum Gasteiger partial charge on any atom is 0.373 e. The molecule has 5 saturated heterocycles. The summed E-state index contributed by atoms with van der Waals surface area (Å²) < 4.78 is 92.5. The molecular formula is C105H99Cl9F4N16O14Si2. The Balaban J connectivity index is 0.000000142. The number of pyridine rings is 6. The molecule has 20 rings (SSSR count). The van der Waals surface area contributed by atoms with E-state index in [2.05, 4.69) is 128 Å². The fourth-order valence-corrected chi connectivity index (χ4v) is 21.6. The first-order chi connectivity index (χ1) is 70.9. The van der Waals surface area contributed by atoms with Gasteiger partial charge in [-0.1, -0.05) is 187 Å². The first-order valence-corrected chi connectivity index (χ1v) is 56.0. The van der Waals surface area contributed by atoms with Gasteiger partial charge >= 0.3 is 6.15 Å². The van der Waals surface area contributed by atoms with Crippen molar-refractivity contribution in [3.63, 3.8) is 0 Å². The summed E-state index contributed by atoms with van der Waals surface area (Å²) in [5, 5.41) is 78.6. The molecule has 7 aliphatic rings. The molecule has 7 fully saturated rings. The highest BCUT2D eigenvalue weighted by molar-refractivity contribution is 6.75. The molecule has 45 heteroatoms. The van der Waals surface area contributed by atoms with Gasteiger partial charge in [0, 0.05) is 113 Å². The van der Waals surface area contributed by atoms with E-state index in [1.54, 1.807) is 74.2 Å². The summed E-state index contributed by atoms with van der Waals surface area (Å²) in [6, 6.07) is 31.6. The lowest BCUT2D eigenvalue weighted by Gasteiger charge is -2.47. The van der Waals surface area contributed by atoms with Gasteiger partial charge in [0.1, 0.15) is 92.9 Å². The quantitative estimate of drug-likeness (QED) is 0.0178. The highest BCUT2D eigenvalue weighted by Gasteiger charge is 2.51. The Morgan fingerprint density at radius 2 is 0.713 bits per heavy atom. The predicted molar refractivity (Wildman–Crippen MR) is 568 cm³/mol. The van der Waals surface area contributed by atoms with Crippen molar-refractivity contribution in [1.29, 1.82) is 0 Å². The van der Waals surface area contributed by atoms with Crippen LogP contribution < -0.4 is 43.2 Å². The maximum absolute atomic E-state index is 14.4. The number of halogens is 13. The zero-order valence-corrected chi connectivity index (χ0v) is 91.0. The highest BCUT2D eigenvalue weighted by Crippen LogP contribution is 2.53. The van der Waals surface area contributed by atoms with Gasteiger partial charge in [-0.05, 0) is 153 Å². The number of aliphatic hydroxyl groups is 5. The first kappa shape index (κ1) is 112. The molecule has 782 valence electrons.